The third-order valence-corrected chi connectivity index (χ3v) is 2.82. The summed E-state index contributed by atoms with van der Waals surface area (Å²) in [5.74, 6) is -1.79. The number of para-hydroxylation sites is 1. The van der Waals surface area contributed by atoms with Gasteiger partial charge >= 0.3 is 5.97 Å². The summed E-state index contributed by atoms with van der Waals surface area (Å²) < 4.78 is 4.90. The number of carbonyl (C=O) groups excluding carboxylic acids is 2. The van der Waals surface area contributed by atoms with Gasteiger partial charge in [0, 0.05) is 26.7 Å². The van der Waals surface area contributed by atoms with Gasteiger partial charge in [0.15, 0.2) is 0 Å². The smallest absolute Gasteiger partial charge is 0.303 e. The van der Waals surface area contributed by atoms with E-state index in [1.165, 1.54) is 0 Å². The summed E-state index contributed by atoms with van der Waals surface area (Å²) in [6, 6.07) is 6.58. The lowest BCUT2D eigenvalue weighted by Crippen LogP contribution is -2.26. The number of methoxy groups -OCH3 is 1. The molecule has 0 aliphatic carbocycles. The van der Waals surface area contributed by atoms with Gasteiger partial charge in [0.25, 0.3) is 5.91 Å². The lowest BCUT2D eigenvalue weighted by atomic mass is 10.1. The van der Waals surface area contributed by atoms with Crippen LogP contribution < -0.4 is 10.6 Å². The second-order valence-corrected chi connectivity index (χ2v) is 4.59. The normalized spacial score (nSPS) is 10.0. The Balaban J connectivity index is 2.62. The van der Waals surface area contributed by atoms with E-state index in [-0.39, 0.29) is 18.7 Å². The highest BCUT2D eigenvalue weighted by atomic mass is 16.5. The van der Waals surface area contributed by atoms with Crippen LogP contribution in [0.4, 0.5) is 5.69 Å². The average molecular weight is 308 g/mol. The highest BCUT2D eigenvalue weighted by molar-refractivity contribution is 6.04. The molecule has 1 rings (SSSR count). The number of rotatable bonds is 9. The maximum atomic E-state index is 12.1. The Morgan fingerprint density at radius 2 is 1.91 bits per heavy atom. The molecular formula is C15H20N2O5. The first-order chi connectivity index (χ1) is 10.5. The Kier molecular flexibility index (Phi) is 7.63. The molecule has 0 unspecified atom stereocenters. The topological polar surface area (TPSA) is 105 Å². The van der Waals surface area contributed by atoms with Gasteiger partial charge in [0.05, 0.1) is 17.7 Å². The van der Waals surface area contributed by atoms with Crippen molar-refractivity contribution >= 4 is 23.5 Å². The maximum Gasteiger partial charge on any atom is 0.303 e. The summed E-state index contributed by atoms with van der Waals surface area (Å²) >= 11 is 0. The van der Waals surface area contributed by atoms with Crippen molar-refractivity contribution in [1.29, 1.82) is 0 Å². The highest BCUT2D eigenvalue weighted by Crippen LogP contribution is 2.15. The van der Waals surface area contributed by atoms with Gasteiger partial charge in [-0.3, -0.25) is 14.4 Å². The lowest BCUT2D eigenvalue weighted by molar-refractivity contribution is -0.138. The van der Waals surface area contributed by atoms with E-state index in [9.17, 15) is 14.4 Å². The molecule has 7 heteroatoms. The molecule has 0 heterocycles. The van der Waals surface area contributed by atoms with Crippen molar-refractivity contribution in [2.75, 3.05) is 25.6 Å². The maximum absolute atomic E-state index is 12.1. The summed E-state index contributed by atoms with van der Waals surface area (Å²) in [5, 5.41) is 13.9. The van der Waals surface area contributed by atoms with E-state index < -0.39 is 11.9 Å². The first kappa shape index (κ1) is 17.6. The van der Waals surface area contributed by atoms with Crippen LogP contribution in [0.25, 0.3) is 0 Å². The van der Waals surface area contributed by atoms with Gasteiger partial charge in [-0.05, 0) is 18.6 Å². The van der Waals surface area contributed by atoms with Crippen molar-refractivity contribution in [3.63, 3.8) is 0 Å². The van der Waals surface area contributed by atoms with Gasteiger partial charge in [0.2, 0.25) is 5.91 Å². The van der Waals surface area contributed by atoms with Crippen LogP contribution in [0, 0.1) is 0 Å². The van der Waals surface area contributed by atoms with E-state index >= 15 is 0 Å². The Bertz CT molecular complexity index is 530. The number of aliphatic carboxylic acids is 1. The number of benzene rings is 1. The number of hydrogen-bond donors (Lipinski definition) is 3. The van der Waals surface area contributed by atoms with Crippen LogP contribution in [0.15, 0.2) is 24.3 Å². The average Bonchev–Trinajstić information content (AvgIpc) is 2.50. The van der Waals surface area contributed by atoms with E-state index in [1.807, 2.05) is 0 Å². The SMILES string of the molecule is COCCCNC(=O)c1ccccc1NC(=O)CCC(=O)O. The fraction of sp³-hybridized carbons (Fsp3) is 0.400. The van der Waals surface area contributed by atoms with Gasteiger partial charge in [-0.25, -0.2) is 0 Å². The molecule has 0 saturated heterocycles. The van der Waals surface area contributed by atoms with Gasteiger partial charge in [-0.15, -0.1) is 0 Å². The molecule has 2 amide bonds. The number of ether oxygens (including phenoxy) is 1. The van der Waals surface area contributed by atoms with E-state index in [0.717, 1.165) is 0 Å². The Hall–Kier alpha value is -2.41. The Labute approximate surface area is 128 Å². The molecule has 0 atom stereocenters. The summed E-state index contributed by atoms with van der Waals surface area (Å²) in [6.45, 7) is 1.02. The highest BCUT2D eigenvalue weighted by Gasteiger charge is 2.13. The molecule has 120 valence electrons. The molecule has 0 fully saturated rings. The number of amides is 2. The molecule has 3 N–H and O–H groups in total. The van der Waals surface area contributed by atoms with Gasteiger partial charge in [-0.1, -0.05) is 12.1 Å². The van der Waals surface area contributed by atoms with Crippen molar-refractivity contribution in [2.45, 2.75) is 19.3 Å². The molecule has 0 spiro atoms. The minimum Gasteiger partial charge on any atom is -0.481 e. The zero-order valence-corrected chi connectivity index (χ0v) is 12.4. The number of carboxylic acid groups (broad SMARTS) is 1. The standard InChI is InChI=1S/C15H20N2O5/c1-22-10-4-9-16-15(21)11-5-2-3-6-12(11)17-13(18)7-8-14(19)20/h2-3,5-6H,4,7-10H2,1H3,(H,16,21)(H,17,18)(H,19,20). The zero-order chi connectivity index (χ0) is 16.4. The predicted molar refractivity (Wildman–Crippen MR) is 80.8 cm³/mol. The summed E-state index contributed by atoms with van der Waals surface area (Å²) in [6.07, 6.45) is 0.297. The number of anilines is 1. The minimum absolute atomic E-state index is 0.140. The molecule has 0 aromatic heterocycles. The molecule has 0 aliphatic rings. The monoisotopic (exact) mass is 308 g/mol. The number of nitrogens with one attached hydrogen (secondary N) is 2. The third-order valence-electron chi connectivity index (χ3n) is 2.82. The quantitative estimate of drug-likeness (QED) is 0.596. The Morgan fingerprint density at radius 3 is 2.59 bits per heavy atom. The minimum atomic E-state index is -1.04. The lowest BCUT2D eigenvalue weighted by Gasteiger charge is -2.11. The van der Waals surface area contributed by atoms with E-state index in [0.29, 0.717) is 30.8 Å². The van der Waals surface area contributed by atoms with Crippen LogP contribution >= 0.6 is 0 Å². The fourth-order valence-corrected chi connectivity index (χ4v) is 1.74. The molecule has 0 aliphatic heterocycles. The van der Waals surface area contributed by atoms with Crippen molar-refractivity contribution in [3.8, 4) is 0 Å². The molecule has 1 aromatic rings. The van der Waals surface area contributed by atoms with Crippen LogP contribution in [-0.4, -0.2) is 43.2 Å². The fourth-order valence-electron chi connectivity index (χ4n) is 1.74. The molecule has 7 nitrogen and oxygen atoms in total. The van der Waals surface area contributed by atoms with Crippen molar-refractivity contribution in [3.05, 3.63) is 29.8 Å². The van der Waals surface area contributed by atoms with Crippen molar-refractivity contribution in [1.82, 2.24) is 5.32 Å². The van der Waals surface area contributed by atoms with Crippen LogP contribution in [0.5, 0.6) is 0 Å². The molecule has 22 heavy (non-hydrogen) atoms. The third kappa shape index (κ3) is 6.36. The second-order valence-electron chi connectivity index (χ2n) is 4.59. The molecule has 0 bridgehead atoms. The number of hydrogen-bond acceptors (Lipinski definition) is 4. The van der Waals surface area contributed by atoms with Gasteiger partial charge in [-0.2, -0.15) is 0 Å². The molecule has 0 radical (unpaired) electrons. The van der Waals surface area contributed by atoms with Crippen molar-refractivity contribution < 1.29 is 24.2 Å². The first-order valence-corrected chi connectivity index (χ1v) is 6.92. The second kappa shape index (κ2) is 9.51. The van der Waals surface area contributed by atoms with Crippen LogP contribution in [0.1, 0.15) is 29.6 Å². The number of carboxylic acids is 1. The zero-order valence-electron chi connectivity index (χ0n) is 12.4. The largest absolute Gasteiger partial charge is 0.481 e. The number of carbonyl (C=O) groups is 3. The molecular weight excluding hydrogens is 288 g/mol. The predicted octanol–water partition coefficient (Wildman–Crippen LogP) is 1.26. The van der Waals surface area contributed by atoms with Gasteiger partial charge in [0.1, 0.15) is 0 Å². The summed E-state index contributed by atoms with van der Waals surface area (Å²) in [7, 11) is 1.59. The summed E-state index contributed by atoms with van der Waals surface area (Å²) in [4.78, 5) is 34.2. The van der Waals surface area contributed by atoms with E-state index in [4.69, 9.17) is 9.84 Å². The first-order valence-electron chi connectivity index (χ1n) is 6.92. The van der Waals surface area contributed by atoms with Crippen LogP contribution in [-0.2, 0) is 14.3 Å². The van der Waals surface area contributed by atoms with Crippen LogP contribution in [0.3, 0.4) is 0 Å². The van der Waals surface area contributed by atoms with Gasteiger partial charge < -0.3 is 20.5 Å². The van der Waals surface area contributed by atoms with E-state index in [1.54, 1.807) is 31.4 Å². The summed E-state index contributed by atoms with van der Waals surface area (Å²) in [5.41, 5.74) is 0.700. The van der Waals surface area contributed by atoms with E-state index in [2.05, 4.69) is 10.6 Å². The molecule has 1 aromatic carbocycles. The Morgan fingerprint density at radius 1 is 1.18 bits per heavy atom. The van der Waals surface area contributed by atoms with Crippen molar-refractivity contribution in [2.24, 2.45) is 0 Å². The van der Waals surface area contributed by atoms with Crippen LogP contribution in [0.2, 0.25) is 0 Å². The molecule has 0 saturated carbocycles.